The van der Waals surface area contributed by atoms with Gasteiger partial charge in [0.2, 0.25) is 0 Å². The van der Waals surface area contributed by atoms with E-state index in [1.807, 2.05) is 30.5 Å². The highest BCUT2D eigenvalue weighted by atomic mass is 35.5. The van der Waals surface area contributed by atoms with Crippen LogP contribution in [0, 0.1) is 0 Å². The number of aromatic nitrogens is 2. The lowest BCUT2D eigenvalue weighted by Crippen LogP contribution is -1.98. The van der Waals surface area contributed by atoms with Crippen LogP contribution in [0.1, 0.15) is 5.56 Å². The fourth-order valence-corrected chi connectivity index (χ4v) is 2.29. The summed E-state index contributed by atoms with van der Waals surface area (Å²) >= 11 is 5.89. The van der Waals surface area contributed by atoms with Crippen molar-refractivity contribution in [3.63, 3.8) is 0 Å². The normalized spacial score (nSPS) is 10.8. The van der Waals surface area contributed by atoms with Crippen molar-refractivity contribution in [3.05, 3.63) is 59.5 Å². The minimum absolute atomic E-state index is 0.523. The largest absolute Gasteiger partial charge is 0.497 e. The van der Waals surface area contributed by atoms with E-state index in [-0.39, 0.29) is 0 Å². The Balaban J connectivity index is 1.92. The minimum Gasteiger partial charge on any atom is -0.497 e. The Morgan fingerprint density at radius 2 is 2.00 bits per heavy atom. The van der Waals surface area contributed by atoms with Crippen LogP contribution in [0.15, 0.2) is 48.8 Å². The highest BCUT2D eigenvalue weighted by Crippen LogP contribution is 2.20. The standard InChI is InChI=1S/C15H13ClN2O/c1-19-13-4-2-11(3-5-13)10-18-7-6-12-8-15(16)17-9-14(12)18/h2-9H,10H2,1H3. The first-order chi connectivity index (χ1) is 9.26. The van der Waals surface area contributed by atoms with Crippen molar-refractivity contribution in [2.24, 2.45) is 0 Å². The second-order valence-electron chi connectivity index (χ2n) is 4.36. The van der Waals surface area contributed by atoms with Crippen molar-refractivity contribution in [2.75, 3.05) is 7.11 Å². The van der Waals surface area contributed by atoms with E-state index in [4.69, 9.17) is 16.3 Å². The average molecular weight is 273 g/mol. The summed E-state index contributed by atoms with van der Waals surface area (Å²) < 4.78 is 7.31. The molecular formula is C15H13ClN2O. The van der Waals surface area contributed by atoms with Gasteiger partial charge in [0.15, 0.2) is 0 Å². The molecule has 0 N–H and O–H groups in total. The van der Waals surface area contributed by atoms with Gasteiger partial charge in [-0.05, 0) is 29.8 Å². The molecule has 0 unspecified atom stereocenters. The maximum atomic E-state index is 5.89. The highest BCUT2D eigenvalue weighted by Gasteiger charge is 2.03. The van der Waals surface area contributed by atoms with Gasteiger partial charge in [0.25, 0.3) is 0 Å². The predicted molar refractivity (Wildman–Crippen MR) is 76.8 cm³/mol. The van der Waals surface area contributed by atoms with E-state index in [1.165, 1.54) is 5.56 Å². The molecule has 2 aromatic heterocycles. The van der Waals surface area contributed by atoms with Crippen LogP contribution in [0.5, 0.6) is 5.75 Å². The lowest BCUT2D eigenvalue weighted by Gasteiger charge is -2.06. The van der Waals surface area contributed by atoms with Crippen LogP contribution >= 0.6 is 11.6 Å². The number of pyridine rings is 1. The van der Waals surface area contributed by atoms with Crippen molar-refractivity contribution in [2.45, 2.75) is 6.54 Å². The van der Waals surface area contributed by atoms with E-state index in [2.05, 4.69) is 21.7 Å². The minimum atomic E-state index is 0.523. The van der Waals surface area contributed by atoms with Crippen molar-refractivity contribution in [1.29, 1.82) is 0 Å². The molecule has 0 atom stereocenters. The van der Waals surface area contributed by atoms with Gasteiger partial charge in [0.05, 0.1) is 18.8 Å². The van der Waals surface area contributed by atoms with E-state index in [1.54, 1.807) is 13.3 Å². The highest BCUT2D eigenvalue weighted by molar-refractivity contribution is 6.30. The first-order valence-electron chi connectivity index (χ1n) is 5.99. The Kier molecular flexibility index (Phi) is 3.13. The summed E-state index contributed by atoms with van der Waals surface area (Å²) in [6.07, 6.45) is 3.86. The summed E-state index contributed by atoms with van der Waals surface area (Å²) in [5.74, 6) is 0.870. The summed E-state index contributed by atoms with van der Waals surface area (Å²) in [6, 6.07) is 12.0. The zero-order chi connectivity index (χ0) is 13.2. The smallest absolute Gasteiger partial charge is 0.129 e. The number of hydrogen-bond donors (Lipinski definition) is 0. The maximum Gasteiger partial charge on any atom is 0.129 e. The van der Waals surface area contributed by atoms with Gasteiger partial charge < -0.3 is 9.30 Å². The van der Waals surface area contributed by atoms with E-state index >= 15 is 0 Å². The summed E-state index contributed by atoms with van der Waals surface area (Å²) in [6.45, 7) is 0.802. The van der Waals surface area contributed by atoms with Gasteiger partial charge in [-0.2, -0.15) is 0 Å². The van der Waals surface area contributed by atoms with E-state index in [9.17, 15) is 0 Å². The number of hydrogen-bond acceptors (Lipinski definition) is 2. The molecule has 0 radical (unpaired) electrons. The Morgan fingerprint density at radius 3 is 2.74 bits per heavy atom. The van der Waals surface area contributed by atoms with Gasteiger partial charge in [-0.3, -0.25) is 0 Å². The van der Waals surface area contributed by atoms with E-state index < -0.39 is 0 Å². The first kappa shape index (κ1) is 12.1. The Hall–Kier alpha value is -2.00. The number of fused-ring (bicyclic) bond motifs is 1. The Bertz CT molecular complexity index is 704. The van der Waals surface area contributed by atoms with Gasteiger partial charge in [0, 0.05) is 18.1 Å². The molecule has 0 aliphatic heterocycles. The molecule has 3 nitrogen and oxygen atoms in total. The fraction of sp³-hybridized carbons (Fsp3) is 0.133. The predicted octanol–water partition coefficient (Wildman–Crippen LogP) is 3.75. The number of nitrogens with zero attached hydrogens (tertiary/aromatic N) is 2. The van der Waals surface area contributed by atoms with E-state index in [0.717, 1.165) is 23.2 Å². The molecule has 3 aromatic rings. The summed E-state index contributed by atoms with van der Waals surface area (Å²) in [4.78, 5) is 4.13. The van der Waals surface area contributed by atoms with Gasteiger partial charge >= 0.3 is 0 Å². The third kappa shape index (κ3) is 2.42. The number of benzene rings is 1. The molecule has 4 heteroatoms. The zero-order valence-corrected chi connectivity index (χ0v) is 11.3. The van der Waals surface area contributed by atoms with Crippen molar-refractivity contribution < 1.29 is 4.74 Å². The van der Waals surface area contributed by atoms with E-state index in [0.29, 0.717) is 5.15 Å². The maximum absolute atomic E-state index is 5.89. The molecule has 19 heavy (non-hydrogen) atoms. The molecule has 2 heterocycles. The third-order valence-electron chi connectivity index (χ3n) is 3.14. The van der Waals surface area contributed by atoms with Crippen LogP contribution in [0.25, 0.3) is 10.9 Å². The summed E-state index contributed by atoms with van der Waals surface area (Å²) in [5.41, 5.74) is 2.30. The second kappa shape index (κ2) is 4.94. The SMILES string of the molecule is COc1ccc(Cn2ccc3cc(Cl)ncc32)cc1. The van der Waals surface area contributed by atoms with Crippen molar-refractivity contribution in [3.8, 4) is 5.75 Å². The molecule has 0 aliphatic carbocycles. The average Bonchev–Trinajstić information content (AvgIpc) is 2.82. The topological polar surface area (TPSA) is 27.1 Å². The molecule has 0 saturated heterocycles. The molecule has 96 valence electrons. The molecular weight excluding hydrogens is 260 g/mol. The monoisotopic (exact) mass is 272 g/mol. The van der Waals surface area contributed by atoms with Crippen LogP contribution in [0.2, 0.25) is 5.15 Å². The van der Waals surface area contributed by atoms with Gasteiger partial charge in [0.1, 0.15) is 10.9 Å². The number of rotatable bonds is 3. The van der Waals surface area contributed by atoms with Gasteiger partial charge in [-0.15, -0.1) is 0 Å². The summed E-state index contributed by atoms with van der Waals surface area (Å²) in [7, 11) is 1.67. The fourth-order valence-electron chi connectivity index (χ4n) is 2.13. The van der Waals surface area contributed by atoms with Crippen LogP contribution in [-0.4, -0.2) is 16.7 Å². The van der Waals surface area contributed by atoms with Crippen LogP contribution in [-0.2, 0) is 6.54 Å². The zero-order valence-electron chi connectivity index (χ0n) is 10.5. The van der Waals surface area contributed by atoms with Crippen molar-refractivity contribution >= 4 is 22.5 Å². The second-order valence-corrected chi connectivity index (χ2v) is 4.74. The number of halogens is 1. The quantitative estimate of drug-likeness (QED) is 0.679. The lowest BCUT2D eigenvalue weighted by molar-refractivity contribution is 0.414. The number of methoxy groups -OCH3 is 1. The Morgan fingerprint density at radius 1 is 1.21 bits per heavy atom. The lowest BCUT2D eigenvalue weighted by atomic mass is 10.2. The molecule has 0 fully saturated rings. The Labute approximate surface area is 116 Å². The van der Waals surface area contributed by atoms with Crippen LogP contribution in [0.4, 0.5) is 0 Å². The molecule has 0 aliphatic rings. The van der Waals surface area contributed by atoms with Gasteiger partial charge in [-0.1, -0.05) is 23.7 Å². The molecule has 0 saturated carbocycles. The first-order valence-corrected chi connectivity index (χ1v) is 6.37. The van der Waals surface area contributed by atoms with Crippen molar-refractivity contribution in [1.82, 2.24) is 9.55 Å². The van der Waals surface area contributed by atoms with Crippen LogP contribution in [0.3, 0.4) is 0 Å². The molecule has 0 bridgehead atoms. The summed E-state index contributed by atoms with van der Waals surface area (Å²) in [5, 5.41) is 1.63. The third-order valence-corrected chi connectivity index (χ3v) is 3.34. The molecule has 0 amide bonds. The molecule has 3 rings (SSSR count). The van der Waals surface area contributed by atoms with Gasteiger partial charge in [-0.25, -0.2) is 4.98 Å². The molecule has 1 aromatic carbocycles. The number of ether oxygens (including phenoxy) is 1. The molecule has 0 spiro atoms. The van der Waals surface area contributed by atoms with Crippen LogP contribution < -0.4 is 4.74 Å².